The van der Waals surface area contributed by atoms with Gasteiger partial charge in [0.05, 0.1) is 13.2 Å². The Morgan fingerprint density at radius 3 is 2.90 bits per heavy atom. The van der Waals surface area contributed by atoms with Crippen molar-refractivity contribution < 1.29 is 9.53 Å². The Morgan fingerprint density at radius 1 is 1.35 bits per heavy atom. The fourth-order valence-electron chi connectivity index (χ4n) is 2.45. The normalized spacial score (nSPS) is 18.1. The number of hydrogen-bond acceptors (Lipinski definition) is 4. The second-order valence-electron chi connectivity index (χ2n) is 4.92. The summed E-state index contributed by atoms with van der Waals surface area (Å²) >= 11 is 0. The van der Waals surface area contributed by atoms with Gasteiger partial charge in [0.2, 0.25) is 5.88 Å². The van der Waals surface area contributed by atoms with E-state index in [2.05, 4.69) is 10.1 Å². The highest BCUT2D eigenvalue weighted by atomic mass is 16.5. The molecule has 0 unspecified atom stereocenters. The van der Waals surface area contributed by atoms with Crippen LogP contribution in [0.5, 0.6) is 5.88 Å². The first-order valence-corrected chi connectivity index (χ1v) is 6.49. The zero-order valence-corrected chi connectivity index (χ0v) is 11.7. The summed E-state index contributed by atoms with van der Waals surface area (Å²) in [6, 6.07) is 5.60. The first-order chi connectivity index (χ1) is 9.61. The van der Waals surface area contributed by atoms with E-state index in [0.29, 0.717) is 23.9 Å². The van der Waals surface area contributed by atoms with E-state index in [9.17, 15) is 4.79 Å². The van der Waals surface area contributed by atoms with Gasteiger partial charge in [-0.25, -0.2) is 0 Å². The predicted octanol–water partition coefficient (Wildman–Crippen LogP) is 1.82. The maximum absolute atomic E-state index is 12.5. The van der Waals surface area contributed by atoms with Crippen molar-refractivity contribution in [1.82, 2.24) is 14.8 Å². The number of hydrogen-bond donors (Lipinski definition) is 0. The summed E-state index contributed by atoms with van der Waals surface area (Å²) in [6.45, 7) is 4.50. The van der Waals surface area contributed by atoms with Crippen LogP contribution in [-0.2, 0) is 0 Å². The molecular weight excluding hydrogens is 256 g/mol. The number of methoxy groups -OCH3 is 1. The Morgan fingerprint density at radius 2 is 2.15 bits per heavy atom. The fourth-order valence-corrected chi connectivity index (χ4v) is 2.45. The van der Waals surface area contributed by atoms with Crippen LogP contribution >= 0.6 is 0 Å². The molecule has 104 valence electrons. The molecule has 0 N–H and O–H groups in total. The molecule has 0 fully saturated rings. The van der Waals surface area contributed by atoms with Crippen LogP contribution in [0.15, 0.2) is 24.4 Å². The van der Waals surface area contributed by atoms with Crippen LogP contribution in [0.1, 0.15) is 29.0 Å². The molecule has 2 aromatic heterocycles. The van der Waals surface area contributed by atoms with Crippen molar-refractivity contribution >= 4 is 11.7 Å². The van der Waals surface area contributed by atoms with E-state index in [0.717, 1.165) is 5.56 Å². The summed E-state index contributed by atoms with van der Waals surface area (Å²) in [5.74, 6) is 1.07. The van der Waals surface area contributed by atoms with Gasteiger partial charge in [0, 0.05) is 18.3 Å². The highest BCUT2D eigenvalue weighted by Gasteiger charge is 2.31. The first-order valence-electron chi connectivity index (χ1n) is 6.49. The summed E-state index contributed by atoms with van der Waals surface area (Å²) in [5.41, 5.74) is 1.53. The second kappa shape index (κ2) is 4.63. The minimum atomic E-state index is -0.0843. The van der Waals surface area contributed by atoms with Gasteiger partial charge in [0.15, 0.2) is 0 Å². The minimum Gasteiger partial charge on any atom is -0.481 e. The zero-order chi connectivity index (χ0) is 14.3. The van der Waals surface area contributed by atoms with Crippen molar-refractivity contribution in [2.75, 3.05) is 18.6 Å². The largest absolute Gasteiger partial charge is 0.481 e. The van der Waals surface area contributed by atoms with Gasteiger partial charge < -0.3 is 4.74 Å². The van der Waals surface area contributed by atoms with E-state index in [4.69, 9.17) is 4.74 Å². The van der Waals surface area contributed by atoms with Crippen molar-refractivity contribution in [1.29, 1.82) is 0 Å². The van der Waals surface area contributed by atoms with E-state index in [1.807, 2.05) is 26.0 Å². The number of fused-ring (bicyclic) bond motifs is 1. The molecule has 1 aliphatic rings. The monoisotopic (exact) mass is 272 g/mol. The van der Waals surface area contributed by atoms with Crippen molar-refractivity contribution in [3.63, 3.8) is 0 Å². The van der Waals surface area contributed by atoms with Crippen LogP contribution in [0.4, 0.5) is 5.82 Å². The number of rotatable bonds is 2. The molecule has 0 aliphatic carbocycles. The van der Waals surface area contributed by atoms with Crippen LogP contribution in [0, 0.1) is 6.92 Å². The van der Waals surface area contributed by atoms with E-state index >= 15 is 0 Å². The molecule has 0 radical (unpaired) electrons. The van der Waals surface area contributed by atoms with Gasteiger partial charge in [0.25, 0.3) is 5.91 Å². The number of aromatic nitrogens is 3. The van der Waals surface area contributed by atoms with Gasteiger partial charge in [-0.3, -0.25) is 14.4 Å². The van der Waals surface area contributed by atoms with Gasteiger partial charge in [0.1, 0.15) is 11.5 Å². The van der Waals surface area contributed by atoms with Crippen LogP contribution in [0.3, 0.4) is 0 Å². The molecular formula is C14H16N4O2. The minimum absolute atomic E-state index is 0.0843. The van der Waals surface area contributed by atoms with Crippen molar-refractivity contribution in [3.05, 3.63) is 35.7 Å². The average Bonchev–Trinajstić information content (AvgIpc) is 2.94. The predicted molar refractivity (Wildman–Crippen MR) is 74.1 cm³/mol. The Balaban J connectivity index is 2.02. The molecule has 6 heteroatoms. The zero-order valence-electron chi connectivity index (χ0n) is 11.7. The van der Waals surface area contributed by atoms with E-state index in [1.54, 1.807) is 29.0 Å². The number of pyridine rings is 1. The number of carbonyl (C=O) groups is 1. The van der Waals surface area contributed by atoms with Crippen molar-refractivity contribution in [2.24, 2.45) is 0 Å². The molecule has 2 aromatic rings. The molecule has 1 amide bonds. The molecule has 0 saturated carbocycles. The lowest BCUT2D eigenvalue weighted by Crippen LogP contribution is -2.43. The highest BCUT2D eigenvalue weighted by Crippen LogP contribution is 2.26. The third-order valence-corrected chi connectivity index (χ3v) is 3.50. The summed E-state index contributed by atoms with van der Waals surface area (Å²) in [5, 5.41) is 4.19. The molecule has 3 heterocycles. The Kier molecular flexibility index (Phi) is 2.93. The molecule has 0 bridgehead atoms. The summed E-state index contributed by atoms with van der Waals surface area (Å²) in [6.07, 6.45) is 1.65. The van der Waals surface area contributed by atoms with Crippen molar-refractivity contribution in [3.8, 4) is 5.88 Å². The fraction of sp³-hybridized carbons (Fsp3) is 0.357. The van der Waals surface area contributed by atoms with Crippen LogP contribution in [-0.4, -0.2) is 34.3 Å². The van der Waals surface area contributed by atoms with Gasteiger partial charge in [-0.05, 0) is 26.0 Å². The second-order valence-corrected chi connectivity index (χ2v) is 4.92. The smallest absolute Gasteiger partial charge is 0.277 e. The standard InChI is InChI=1S/C14H16N4O2/c1-9-4-5-12(16-13(9)20-3)17-8-10(2)18-11(14(17)19)6-7-15-18/h4-7,10H,8H2,1-3H3/t10-/m0/s1. The molecule has 1 aliphatic heterocycles. The van der Waals surface area contributed by atoms with Crippen LogP contribution in [0.2, 0.25) is 0 Å². The maximum atomic E-state index is 12.5. The molecule has 0 saturated heterocycles. The molecule has 6 nitrogen and oxygen atoms in total. The third kappa shape index (κ3) is 1.84. The number of amides is 1. The molecule has 3 rings (SSSR count). The molecule has 20 heavy (non-hydrogen) atoms. The average molecular weight is 272 g/mol. The summed E-state index contributed by atoms with van der Waals surface area (Å²) in [7, 11) is 1.58. The highest BCUT2D eigenvalue weighted by molar-refractivity contribution is 6.05. The van der Waals surface area contributed by atoms with Crippen LogP contribution in [0.25, 0.3) is 0 Å². The number of ether oxygens (including phenoxy) is 1. The Labute approximate surface area is 117 Å². The van der Waals surface area contributed by atoms with E-state index in [-0.39, 0.29) is 11.9 Å². The van der Waals surface area contributed by atoms with Gasteiger partial charge >= 0.3 is 0 Å². The summed E-state index contributed by atoms with van der Waals surface area (Å²) in [4.78, 5) is 18.6. The summed E-state index contributed by atoms with van der Waals surface area (Å²) < 4.78 is 6.98. The van der Waals surface area contributed by atoms with Gasteiger partial charge in [-0.2, -0.15) is 10.1 Å². The van der Waals surface area contributed by atoms with E-state index in [1.165, 1.54) is 0 Å². The number of nitrogens with zero attached hydrogens (tertiary/aromatic N) is 4. The Hall–Kier alpha value is -2.37. The maximum Gasteiger partial charge on any atom is 0.277 e. The van der Waals surface area contributed by atoms with Crippen LogP contribution < -0.4 is 9.64 Å². The molecule has 0 aromatic carbocycles. The molecule has 0 spiro atoms. The lowest BCUT2D eigenvalue weighted by molar-refractivity contribution is 0.0952. The molecule has 1 atom stereocenters. The third-order valence-electron chi connectivity index (χ3n) is 3.50. The number of carbonyl (C=O) groups excluding carboxylic acids is 1. The topological polar surface area (TPSA) is 60.2 Å². The lowest BCUT2D eigenvalue weighted by Gasteiger charge is -2.31. The lowest BCUT2D eigenvalue weighted by atomic mass is 10.2. The van der Waals surface area contributed by atoms with E-state index < -0.39 is 0 Å². The first kappa shape index (κ1) is 12.7. The quantitative estimate of drug-likeness (QED) is 0.836. The number of aryl methyl sites for hydroxylation is 1. The van der Waals surface area contributed by atoms with Crippen molar-refractivity contribution in [2.45, 2.75) is 19.9 Å². The SMILES string of the molecule is COc1nc(N2C[C@H](C)n3nccc3C2=O)ccc1C. The van der Waals surface area contributed by atoms with Gasteiger partial charge in [-0.1, -0.05) is 6.07 Å². The number of anilines is 1. The van der Waals surface area contributed by atoms with Gasteiger partial charge in [-0.15, -0.1) is 0 Å². The Bertz CT molecular complexity index is 665.